The number of aryl methyl sites for hydroxylation is 2. The highest BCUT2D eigenvalue weighted by Gasteiger charge is 2.24. The van der Waals surface area contributed by atoms with Crippen molar-refractivity contribution in [3.05, 3.63) is 71.1 Å². The fraction of sp³-hybridized carbons (Fsp3) is 0.429. The van der Waals surface area contributed by atoms with E-state index < -0.39 is 8.07 Å². The number of carbonyl (C=O) groups excluding carboxylic acids is 1. The fourth-order valence-electron chi connectivity index (χ4n) is 5.56. The van der Waals surface area contributed by atoms with Gasteiger partial charge in [0.05, 0.1) is 29.4 Å². The number of benzene rings is 1. The minimum absolute atomic E-state index is 0.0629. The quantitative estimate of drug-likeness (QED) is 0.104. The molecular formula is C35H44N4O3Si. The smallest absolute Gasteiger partial charge is 0.309 e. The molecule has 5 rings (SSSR count). The molecule has 0 fully saturated rings. The van der Waals surface area contributed by atoms with E-state index in [1.165, 1.54) is 16.7 Å². The van der Waals surface area contributed by atoms with Crippen LogP contribution in [0.15, 0.2) is 48.7 Å². The Labute approximate surface area is 256 Å². The van der Waals surface area contributed by atoms with E-state index in [0.717, 1.165) is 70.3 Å². The Hall–Kier alpha value is -3.62. The van der Waals surface area contributed by atoms with Crippen LogP contribution in [0.1, 0.15) is 48.6 Å². The van der Waals surface area contributed by atoms with Gasteiger partial charge >= 0.3 is 5.97 Å². The number of rotatable bonds is 10. The second kappa shape index (κ2) is 12.9. The highest BCUT2D eigenvalue weighted by atomic mass is 28.3. The standard InChI is InChI=1S/C35H44N4O3Si/c1-8-42-35(40)27-14-12-26(13-15-27)30-17-16-28(21-36-30)33-34-31(39(38-33)22-41-18-19-43(5,6)7)20-24(3)32(37-34)29-11-9-10-23(2)25(29)4/h9-12,16-17,20-21,27H,8,13-15,18-19,22H2,1-7H3. The summed E-state index contributed by atoms with van der Waals surface area (Å²) in [6.07, 6.45) is 6.31. The normalized spacial score (nSPS) is 15.5. The van der Waals surface area contributed by atoms with Crippen LogP contribution >= 0.6 is 0 Å². The van der Waals surface area contributed by atoms with E-state index in [-0.39, 0.29) is 11.9 Å². The molecule has 8 heteroatoms. The molecule has 0 spiro atoms. The zero-order valence-corrected chi connectivity index (χ0v) is 27.7. The highest BCUT2D eigenvalue weighted by Crippen LogP contribution is 2.35. The Morgan fingerprint density at radius 2 is 1.88 bits per heavy atom. The summed E-state index contributed by atoms with van der Waals surface area (Å²) >= 11 is 0. The van der Waals surface area contributed by atoms with Crippen LogP contribution in [0.3, 0.4) is 0 Å². The van der Waals surface area contributed by atoms with Crippen LogP contribution in [0.4, 0.5) is 0 Å². The summed E-state index contributed by atoms with van der Waals surface area (Å²) in [5.41, 5.74) is 11.3. The Morgan fingerprint density at radius 3 is 2.56 bits per heavy atom. The first-order chi connectivity index (χ1) is 20.6. The molecule has 1 aromatic carbocycles. The molecule has 0 saturated carbocycles. The van der Waals surface area contributed by atoms with Gasteiger partial charge < -0.3 is 9.47 Å². The number of pyridine rings is 2. The average Bonchev–Trinajstić information content (AvgIpc) is 3.33. The monoisotopic (exact) mass is 596 g/mol. The Balaban J connectivity index is 1.49. The van der Waals surface area contributed by atoms with Crippen LogP contribution in [0.5, 0.6) is 0 Å². The van der Waals surface area contributed by atoms with E-state index in [2.05, 4.69) is 82.9 Å². The van der Waals surface area contributed by atoms with Crippen LogP contribution in [0.25, 0.3) is 39.1 Å². The van der Waals surface area contributed by atoms with Gasteiger partial charge in [-0.2, -0.15) is 5.10 Å². The van der Waals surface area contributed by atoms with Crippen molar-refractivity contribution in [1.29, 1.82) is 0 Å². The van der Waals surface area contributed by atoms with Crippen molar-refractivity contribution < 1.29 is 14.3 Å². The highest BCUT2D eigenvalue weighted by molar-refractivity contribution is 6.76. The topological polar surface area (TPSA) is 79.1 Å². The van der Waals surface area contributed by atoms with Gasteiger partial charge in [0.2, 0.25) is 0 Å². The number of hydrogen-bond acceptors (Lipinski definition) is 6. The van der Waals surface area contributed by atoms with Gasteiger partial charge in [-0.25, -0.2) is 9.67 Å². The van der Waals surface area contributed by atoms with Gasteiger partial charge in [0.15, 0.2) is 0 Å². The molecule has 1 unspecified atom stereocenters. The van der Waals surface area contributed by atoms with Crippen LogP contribution in [0.2, 0.25) is 25.7 Å². The zero-order valence-electron chi connectivity index (χ0n) is 26.7. The molecule has 3 aromatic heterocycles. The lowest BCUT2D eigenvalue weighted by molar-refractivity contribution is -0.148. The van der Waals surface area contributed by atoms with Crippen molar-refractivity contribution in [2.45, 2.75) is 79.4 Å². The summed E-state index contributed by atoms with van der Waals surface area (Å²) in [5, 5.41) is 5.03. The SMILES string of the molecule is CCOC(=O)C1CC=C(c2ccc(-c3nn(COCC[Si](C)(C)C)c4cc(C)c(-c5cccc(C)c5C)nc34)cn2)CC1. The summed E-state index contributed by atoms with van der Waals surface area (Å²) in [6.45, 7) is 16.9. The first-order valence-corrected chi connectivity index (χ1v) is 19.1. The number of nitrogens with zero attached hydrogens (tertiary/aromatic N) is 4. The first kappa shape index (κ1) is 30.8. The van der Waals surface area contributed by atoms with E-state index in [0.29, 0.717) is 19.8 Å². The molecule has 43 heavy (non-hydrogen) atoms. The Kier molecular flexibility index (Phi) is 9.27. The third-order valence-corrected chi connectivity index (χ3v) is 10.1. The first-order valence-electron chi connectivity index (χ1n) is 15.4. The van der Waals surface area contributed by atoms with Crippen molar-refractivity contribution >= 4 is 30.6 Å². The van der Waals surface area contributed by atoms with E-state index in [1.807, 2.05) is 17.8 Å². The Morgan fingerprint density at radius 1 is 1.07 bits per heavy atom. The van der Waals surface area contributed by atoms with Crippen LogP contribution in [0, 0.1) is 26.7 Å². The maximum absolute atomic E-state index is 12.2. The van der Waals surface area contributed by atoms with E-state index >= 15 is 0 Å². The van der Waals surface area contributed by atoms with Crippen molar-refractivity contribution in [3.63, 3.8) is 0 Å². The molecule has 1 atom stereocenters. The van der Waals surface area contributed by atoms with Crippen LogP contribution in [-0.2, 0) is 21.0 Å². The van der Waals surface area contributed by atoms with Crippen LogP contribution in [-0.4, -0.2) is 47.0 Å². The van der Waals surface area contributed by atoms with Gasteiger partial charge in [0, 0.05) is 32.0 Å². The number of ether oxygens (including phenoxy) is 2. The predicted octanol–water partition coefficient (Wildman–Crippen LogP) is 8.14. The molecule has 0 N–H and O–H groups in total. The molecular weight excluding hydrogens is 552 g/mol. The van der Waals surface area contributed by atoms with Gasteiger partial charge in [0.1, 0.15) is 17.9 Å². The molecule has 0 saturated heterocycles. The third kappa shape index (κ3) is 6.97. The van der Waals surface area contributed by atoms with Gasteiger partial charge in [0.25, 0.3) is 0 Å². The summed E-state index contributed by atoms with van der Waals surface area (Å²) in [4.78, 5) is 22.2. The molecule has 1 aliphatic carbocycles. The second-order valence-corrected chi connectivity index (χ2v) is 18.5. The van der Waals surface area contributed by atoms with E-state index in [9.17, 15) is 4.79 Å². The number of fused-ring (bicyclic) bond motifs is 1. The largest absolute Gasteiger partial charge is 0.466 e. The lowest BCUT2D eigenvalue weighted by Gasteiger charge is -2.20. The fourth-order valence-corrected chi connectivity index (χ4v) is 6.32. The van der Waals surface area contributed by atoms with Gasteiger partial charge in [-0.3, -0.25) is 9.78 Å². The van der Waals surface area contributed by atoms with Crippen molar-refractivity contribution in [2.75, 3.05) is 13.2 Å². The van der Waals surface area contributed by atoms with E-state index in [4.69, 9.17) is 24.5 Å². The molecule has 0 radical (unpaired) electrons. The lowest BCUT2D eigenvalue weighted by atomic mass is 9.88. The minimum Gasteiger partial charge on any atom is -0.466 e. The number of carbonyl (C=O) groups is 1. The number of aromatic nitrogens is 4. The van der Waals surface area contributed by atoms with Gasteiger partial charge in [-0.05, 0) is 93.5 Å². The molecule has 7 nitrogen and oxygen atoms in total. The number of esters is 1. The number of hydrogen-bond donors (Lipinski definition) is 0. The molecule has 0 aliphatic heterocycles. The second-order valence-electron chi connectivity index (χ2n) is 12.9. The number of allylic oxidation sites excluding steroid dienone is 2. The van der Waals surface area contributed by atoms with Crippen LogP contribution < -0.4 is 0 Å². The summed E-state index contributed by atoms with van der Waals surface area (Å²) in [7, 11) is -1.20. The van der Waals surface area contributed by atoms with Gasteiger partial charge in [-0.1, -0.05) is 43.9 Å². The van der Waals surface area contributed by atoms with E-state index in [1.54, 1.807) is 0 Å². The van der Waals surface area contributed by atoms with Crippen molar-refractivity contribution in [2.24, 2.45) is 5.92 Å². The Bertz CT molecular complexity index is 1650. The third-order valence-electron chi connectivity index (χ3n) is 8.38. The maximum atomic E-state index is 12.2. The maximum Gasteiger partial charge on any atom is 0.309 e. The summed E-state index contributed by atoms with van der Waals surface area (Å²) < 4.78 is 13.3. The molecule has 0 bridgehead atoms. The molecule has 1 aliphatic rings. The zero-order chi connectivity index (χ0) is 30.7. The molecule has 3 heterocycles. The summed E-state index contributed by atoms with van der Waals surface area (Å²) in [5.74, 6) is -0.164. The molecule has 4 aromatic rings. The average molecular weight is 597 g/mol. The predicted molar refractivity (Wildman–Crippen MR) is 176 cm³/mol. The molecule has 226 valence electrons. The van der Waals surface area contributed by atoms with Gasteiger partial charge in [-0.15, -0.1) is 0 Å². The lowest BCUT2D eigenvalue weighted by Crippen LogP contribution is -2.22. The van der Waals surface area contributed by atoms with Crippen molar-refractivity contribution in [1.82, 2.24) is 19.7 Å². The summed E-state index contributed by atoms with van der Waals surface area (Å²) in [6, 6.07) is 13.8. The van der Waals surface area contributed by atoms with Crippen molar-refractivity contribution in [3.8, 4) is 22.5 Å². The molecule has 0 amide bonds. The minimum atomic E-state index is -1.20.